The summed E-state index contributed by atoms with van der Waals surface area (Å²) in [5.41, 5.74) is 2.26. The smallest absolute Gasteiger partial charge is 0.264 e. The third-order valence-electron chi connectivity index (χ3n) is 5.76. The molecule has 0 unspecified atom stereocenters. The molecule has 1 aliphatic rings. The summed E-state index contributed by atoms with van der Waals surface area (Å²) in [4.78, 5) is 22.3. The first kappa shape index (κ1) is 20.6. The van der Waals surface area contributed by atoms with Crippen LogP contribution in [0.3, 0.4) is 0 Å². The summed E-state index contributed by atoms with van der Waals surface area (Å²) >= 11 is 1.49. The molecule has 2 aromatic carbocycles. The highest BCUT2D eigenvalue weighted by Gasteiger charge is 2.26. The van der Waals surface area contributed by atoms with Gasteiger partial charge in [0, 0.05) is 26.2 Å². The van der Waals surface area contributed by atoms with Crippen molar-refractivity contribution in [2.24, 2.45) is 0 Å². The summed E-state index contributed by atoms with van der Waals surface area (Å²) < 4.78 is 5.64. The molecule has 1 saturated heterocycles. The van der Waals surface area contributed by atoms with E-state index >= 15 is 0 Å². The number of hydrogen-bond donors (Lipinski definition) is 0. The highest BCUT2D eigenvalue weighted by molar-refractivity contribution is 7.12. The van der Waals surface area contributed by atoms with Crippen LogP contribution >= 0.6 is 11.3 Å². The van der Waals surface area contributed by atoms with Gasteiger partial charge in [0.1, 0.15) is 0 Å². The summed E-state index contributed by atoms with van der Waals surface area (Å²) in [5, 5.41) is 6.28. The van der Waals surface area contributed by atoms with Gasteiger partial charge in [0.15, 0.2) is 5.82 Å². The van der Waals surface area contributed by atoms with E-state index in [1.165, 1.54) is 11.3 Å². The fraction of sp³-hybridized carbons (Fsp3) is 0.240. The monoisotopic (exact) mass is 444 g/mol. The molecule has 1 amide bonds. The number of thiophene rings is 1. The van der Waals surface area contributed by atoms with Crippen LogP contribution in [-0.4, -0.2) is 52.0 Å². The Bertz CT molecular complexity index is 1100. The molecule has 162 valence electrons. The molecule has 32 heavy (non-hydrogen) atoms. The van der Waals surface area contributed by atoms with Gasteiger partial charge >= 0.3 is 0 Å². The van der Waals surface area contributed by atoms with Gasteiger partial charge in [-0.15, -0.1) is 11.3 Å². The van der Waals surface area contributed by atoms with Crippen molar-refractivity contribution in [1.29, 1.82) is 0 Å². The maximum Gasteiger partial charge on any atom is 0.264 e. The molecule has 2 aromatic heterocycles. The summed E-state index contributed by atoms with van der Waals surface area (Å²) in [6.45, 7) is 3.57. The number of carbonyl (C=O) groups excluding carboxylic acids is 1. The van der Waals surface area contributed by atoms with E-state index in [4.69, 9.17) is 9.51 Å². The lowest BCUT2D eigenvalue weighted by molar-refractivity contribution is 0.0620. The van der Waals surface area contributed by atoms with Gasteiger partial charge in [-0.1, -0.05) is 71.9 Å². The molecule has 5 rings (SSSR count). The zero-order valence-corrected chi connectivity index (χ0v) is 18.4. The summed E-state index contributed by atoms with van der Waals surface area (Å²) in [5.74, 6) is 1.32. The van der Waals surface area contributed by atoms with Gasteiger partial charge in [0.2, 0.25) is 5.89 Å². The number of rotatable bonds is 6. The van der Waals surface area contributed by atoms with Crippen LogP contribution in [0, 0.1) is 0 Å². The van der Waals surface area contributed by atoms with Gasteiger partial charge in [-0.3, -0.25) is 9.69 Å². The van der Waals surface area contributed by atoms with Gasteiger partial charge in [-0.05, 0) is 22.6 Å². The van der Waals surface area contributed by atoms with E-state index in [9.17, 15) is 4.79 Å². The number of piperazine rings is 1. The quantitative estimate of drug-likeness (QED) is 0.444. The molecule has 7 heteroatoms. The number of benzene rings is 2. The second-order valence-electron chi connectivity index (χ2n) is 7.85. The zero-order valence-electron chi connectivity index (χ0n) is 17.6. The lowest BCUT2D eigenvalue weighted by atomic mass is 9.91. The minimum Gasteiger partial charge on any atom is -0.338 e. The van der Waals surface area contributed by atoms with Crippen LogP contribution in [0.15, 0.2) is 82.7 Å². The van der Waals surface area contributed by atoms with Crippen molar-refractivity contribution < 1.29 is 9.32 Å². The van der Waals surface area contributed by atoms with Crippen molar-refractivity contribution in [3.8, 4) is 0 Å². The largest absolute Gasteiger partial charge is 0.338 e. The lowest BCUT2D eigenvalue weighted by Gasteiger charge is -2.33. The average molecular weight is 445 g/mol. The molecule has 0 atom stereocenters. The maximum absolute atomic E-state index is 12.6. The molecular weight excluding hydrogens is 420 g/mol. The normalized spacial score (nSPS) is 14.7. The Labute approximate surface area is 191 Å². The fourth-order valence-electron chi connectivity index (χ4n) is 4.09. The van der Waals surface area contributed by atoms with Crippen molar-refractivity contribution in [2.45, 2.75) is 12.5 Å². The van der Waals surface area contributed by atoms with Crippen molar-refractivity contribution in [2.75, 3.05) is 26.2 Å². The van der Waals surface area contributed by atoms with Crippen molar-refractivity contribution in [1.82, 2.24) is 19.9 Å². The Balaban J connectivity index is 1.27. The van der Waals surface area contributed by atoms with Gasteiger partial charge in [0.25, 0.3) is 5.91 Å². The van der Waals surface area contributed by atoms with Gasteiger partial charge in [-0.25, -0.2) is 0 Å². The predicted molar refractivity (Wildman–Crippen MR) is 124 cm³/mol. The minimum absolute atomic E-state index is 0.0739. The van der Waals surface area contributed by atoms with Crippen LogP contribution in [0.25, 0.3) is 0 Å². The number of nitrogens with zero attached hydrogens (tertiary/aromatic N) is 4. The van der Waals surface area contributed by atoms with Crippen molar-refractivity contribution in [3.63, 3.8) is 0 Å². The van der Waals surface area contributed by atoms with Crippen LogP contribution in [0.4, 0.5) is 0 Å². The first-order valence-corrected chi connectivity index (χ1v) is 11.6. The molecule has 0 aliphatic carbocycles. The van der Waals surface area contributed by atoms with E-state index in [0.29, 0.717) is 31.3 Å². The summed E-state index contributed by atoms with van der Waals surface area (Å²) in [7, 11) is 0. The van der Waals surface area contributed by atoms with E-state index in [1.807, 2.05) is 58.8 Å². The summed E-state index contributed by atoms with van der Waals surface area (Å²) in [6.07, 6.45) is 0. The zero-order chi connectivity index (χ0) is 21.8. The topological polar surface area (TPSA) is 62.5 Å². The van der Waals surface area contributed by atoms with Crippen LogP contribution in [0.2, 0.25) is 0 Å². The molecule has 4 aromatic rings. The average Bonchev–Trinajstić information content (AvgIpc) is 3.54. The van der Waals surface area contributed by atoms with E-state index < -0.39 is 0 Å². The first-order valence-electron chi connectivity index (χ1n) is 10.8. The van der Waals surface area contributed by atoms with Crippen molar-refractivity contribution in [3.05, 3.63) is 106 Å². The second kappa shape index (κ2) is 9.46. The fourth-order valence-corrected chi connectivity index (χ4v) is 4.78. The lowest BCUT2D eigenvalue weighted by Crippen LogP contribution is -2.48. The predicted octanol–water partition coefficient (Wildman–Crippen LogP) is 4.27. The van der Waals surface area contributed by atoms with E-state index in [2.05, 4.69) is 34.3 Å². The molecule has 0 radical (unpaired) electrons. The molecule has 1 fully saturated rings. The van der Waals surface area contributed by atoms with Crippen molar-refractivity contribution >= 4 is 17.2 Å². The minimum atomic E-state index is -0.0739. The molecule has 0 saturated carbocycles. The molecule has 0 spiro atoms. The Kier molecular flexibility index (Phi) is 6.09. The SMILES string of the molecule is O=C(c1cccs1)N1CCN(Cc2nc(C(c3ccccc3)c3ccccc3)no2)CC1. The van der Waals surface area contributed by atoms with Crippen LogP contribution in [-0.2, 0) is 6.54 Å². The molecule has 0 N–H and O–H groups in total. The standard InChI is InChI=1S/C25H24N4O2S/c30-25(21-12-7-17-32-21)29-15-13-28(14-16-29)18-22-26-24(27-31-22)23(19-8-3-1-4-9-19)20-10-5-2-6-11-20/h1-12,17,23H,13-16,18H2. The van der Waals surface area contributed by atoms with Crippen LogP contribution < -0.4 is 0 Å². The van der Waals surface area contributed by atoms with E-state index in [1.54, 1.807) is 0 Å². The highest BCUT2D eigenvalue weighted by atomic mass is 32.1. The molecule has 0 bridgehead atoms. The van der Waals surface area contributed by atoms with Crippen LogP contribution in [0.1, 0.15) is 38.4 Å². The Hall–Kier alpha value is -3.29. The highest BCUT2D eigenvalue weighted by Crippen LogP contribution is 2.30. The number of carbonyl (C=O) groups is 1. The van der Waals surface area contributed by atoms with Gasteiger partial charge < -0.3 is 9.42 Å². The van der Waals surface area contributed by atoms with Gasteiger partial charge in [-0.2, -0.15) is 4.98 Å². The number of hydrogen-bond acceptors (Lipinski definition) is 6. The Morgan fingerprint density at radius 1 is 0.906 bits per heavy atom. The number of amides is 1. The Morgan fingerprint density at radius 2 is 1.56 bits per heavy atom. The Morgan fingerprint density at radius 3 is 2.16 bits per heavy atom. The third kappa shape index (κ3) is 4.49. The second-order valence-corrected chi connectivity index (χ2v) is 8.79. The summed E-state index contributed by atoms with van der Waals surface area (Å²) in [6, 6.07) is 24.3. The van der Waals surface area contributed by atoms with Gasteiger partial charge in [0.05, 0.1) is 17.3 Å². The van der Waals surface area contributed by atoms with E-state index in [0.717, 1.165) is 29.1 Å². The first-order chi connectivity index (χ1) is 15.8. The molecule has 6 nitrogen and oxygen atoms in total. The van der Waals surface area contributed by atoms with E-state index in [-0.39, 0.29) is 11.8 Å². The molecule has 3 heterocycles. The van der Waals surface area contributed by atoms with Crippen LogP contribution in [0.5, 0.6) is 0 Å². The molecule has 1 aliphatic heterocycles. The third-order valence-corrected chi connectivity index (χ3v) is 6.62. The molecular formula is C25H24N4O2S. The number of aromatic nitrogens is 2. The maximum atomic E-state index is 12.6.